The number of fused-ring (bicyclic) bond motifs is 1. The van der Waals surface area contributed by atoms with Crippen molar-refractivity contribution >= 4 is 18.2 Å². The molecule has 2 heterocycles. The van der Waals surface area contributed by atoms with Crippen LogP contribution in [-0.2, 0) is 0 Å². The van der Waals surface area contributed by atoms with Gasteiger partial charge in [-0.25, -0.2) is 9.78 Å². The van der Waals surface area contributed by atoms with Crippen LogP contribution in [0.25, 0.3) is 12.3 Å². The predicted octanol–water partition coefficient (Wildman–Crippen LogP) is 0.796. The molecule has 1 aromatic rings. The quantitative estimate of drug-likeness (QED) is 0.710. The van der Waals surface area contributed by atoms with Crippen LogP contribution in [-0.4, -0.2) is 26.2 Å². The van der Waals surface area contributed by atoms with E-state index in [1.807, 2.05) is 6.92 Å². The Morgan fingerprint density at radius 3 is 3.00 bits per heavy atom. The topological polar surface area (TPSA) is 81.1 Å². The average molecular weight is 205 g/mol. The molecular weight excluding hydrogens is 194 g/mol. The van der Waals surface area contributed by atoms with E-state index in [2.05, 4.69) is 4.98 Å². The van der Waals surface area contributed by atoms with E-state index in [0.717, 1.165) is 0 Å². The smallest absolute Gasteiger partial charge is 0.354 e. The maximum Gasteiger partial charge on any atom is 0.354 e. The van der Waals surface area contributed by atoms with Gasteiger partial charge in [-0.2, -0.15) is 0 Å². The first-order chi connectivity index (χ1) is 6.99. The summed E-state index contributed by atoms with van der Waals surface area (Å²) in [7, 11) is 0. The molecule has 0 radical (unpaired) electrons. The zero-order valence-corrected chi connectivity index (χ0v) is 8.21. The fraction of sp³-hybridized carbons (Fsp3) is 0.200. The van der Waals surface area contributed by atoms with Crippen LogP contribution in [0.15, 0.2) is 18.3 Å². The lowest BCUT2D eigenvalue weighted by Crippen LogP contribution is -2.30. The van der Waals surface area contributed by atoms with Gasteiger partial charge in [0.2, 0.25) is 0 Å². The van der Waals surface area contributed by atoms with Crippen LogP contribution in [0.2, 0.25) is 0 Å². The van der Waals surface area contributed by atoms with Crippen molar-refractivity contribution in [3.8, 4) is 0 Å². The molecule has 5 nitrogen and oxygen atoms in total. The van der Waals surface area contributed by atoms with E-state index in [-0.39, 0.29) is 5.69 Å². The molecule has 1 unspecified atom stereocenters. The lowest BCUT2D eigenvalue weighted by molar-refractivity contribution is 0.0688. The number of imidazole rings is 1. The van der Waals surface area contributed by atoms with Crippen LogP contribution in [0.1, 0.15) is 23.2 Å². The van der Waals surface area contributed by atoms with Gasteiger partial charge in [0, 0.05) is 6.20 Å². The highest BCUT2D eigenvalue weighted by Crippen LogP contribution is 2.16. The van der Waals surface area contributed by atoms with E-state index in [9.17, 15) is 4.79 Å². The Bertz CT molecular complexity index is 469. The van der Waals surface area contributed by atoms with Crippen LogP contribution < -0.4 is 5.73 Å². The molecule has 0 aromatic carbocycles. The van der Waals surface area contributed by atoms with Gasteiger partial charge in [0.25, 0.3) is 0 Å². The fourth-order valence-electron chi connectivity index (χ4n) is 1.36. The van der Waals surface area contributed by atoms with Crippen LogP contribution >= 0.6 is 0 Å². The third-order valence-electron chi connectivity index (χ3n) is 2.22. The Hall–Kier alpha value is -1.88. The van der Waals surface area contributed by atoms with E-state index < -0.39 is 11.5 Å². The number of hydrogen-bond acceptors (Lipinski definition) is 3. The summed E-state index contributed by atoms with van der Waals surface area (Å²) >= 11 is 0. The molecule has 5 heteroatoms. The van der Waals surface area contributed by atoms with Gasteiger partial charge >= 0.3 is 5.97 Å². The second kappa shape index (κ2) is 3.06. The molecule has 0 saturated heterocycles. The average Bonchev–Trinajstić information content (AvgIpc) is 2.49. The third-order valence-corrected chi connectivity index (χ3v) is 2.22. The molecule has 0 spiro atoms. The number of carbonyl (C=O) groups is 1. The molecule has 1 aliphatic heterocycles. The molecule has 2 rings (SSSR count). The van der Waals surface area contributed by atoms with Crippen molar-refractivity contribution in [1.82, 2.24) is 9.55 Å². The van der Waals surface area contributed by atoms with Crippen molar-refractivity contribution in [2.24, 2.45) is 5.73 Å². The Morgan fingerprint density at radius 2 is 2.33 bits per heavy atom. The zero-order chi connectivity index (χ0) is 11.1. The predicted molar refractivity (Wildman–Crippen MR) is 56.1 cm³/mol. The molecule has 1 aliphatic rings. The van der Waals surface area contributed by atoms with Gasteiger partial charge in [0.15, 0.2) is 5.69 Å². The van der Waals surface area contributed by atoms with E-state index in [0.29, 0.717) is 5.82 Å². The van der Waals surface area contributed by atoms with Gasteiger partial charge in [0.1, 0.15) is 5.82 Å². The van der Waals surface area contributed by atoms with Gasteiger partial charge < -0.3 is 10.8 Å². The highest BCUT2D eigenvalue weighted by Gasteiger charge is 2.17. The van der Waals surface area contributed by atoms with Gasteiger partial charge in [-0.3, -0.25) is 4.57 Å². The highest BCUT2D eigenvalue weighted by atomic mass is 16.4. The molecule has 15 heavy (non-hydrogen) atoms. The van der Waals surface area contributed by atoms with Gasteiger partial charge in [-0.15, -0.1) is 0 Å². The Labute approximate surface area is 86.5 Å². The van der Waals surface area contributed by atoms with E-state index in [1.165, 1.54) is 10.8 Å². The van der Waals surface area contributed by atoms with Crippen LogP contribution in [0, 0.1) is 0 Å². The monoisotopic (exact) mass is 205 g/mol. The van der Waals surface area contributed by atoms with Gasteiger partial charge in [-0.1, -0.05) is 6.08 Å². The number of aromatic nitrogens is 2. The van der Waals surface area contributed by atoms with Crippen molar-refractivity contribution in [3.63, 3.8) is 0 Å². The first kappa shape index (κ1) is 9.67. The lowest BCUT2D eigenvalue weighted by Gasteiger charge is -2.12. The summed E-state index contributed by atoms with van der Waals surface area (Å²) < 4.78 is 1.50. The van der Waals surface area contributed by atoms with Gasteiger partial charge in [-0.05, 0) is 19.1 Å². The Balaban J connectivity index is 2.55. The molecule has 0 amide bonds. The third kappa shape index (κ3) is 1.69. The number of aromatic carboxylic acids is 1. The van der Waals surface area contributed by atoms with E-state index in [1.54, 1.807) is 24.4 Å². The normalized spacial score (nSPS) is 23.6. The summed E-state index contributed by atoms with van der Waals surface area (Å²) in [6.07, 6.45) is 8.18. The number of nitrogens with two attached hydrogens (primary N) is 1. The summed E-state index contributed by atoms with van der Waals surface area (Å²) in [5.41, 5.74) is 5.44. The molecule has 0 aliphatic carbocycles. The SMILES string of the molecule is CC1(N)C=Cc2ncc(C(=O)O)n2C=C1. The highest BCUT2D eigenvalue weighted by molar-refractivity contribution is 5.87. The summed E-state index contributed by atoms with van der Waals surface area (Å²) in [4.78, 5) is 14.8. The van der Waals surface area contributed by atoms with Crippen LogP contribution in [0.3, 0.4) is 0 Å². The number of hydrogen-bond donors (Lipinski definition) is 2. The molecule has 1 aromatic heterocycles. The molecule has 0 bridgehead atoms. The van der Waals surface area contributed by atoms with Crippen LogP contribution in [0.4, 0.5) is 0 Å². The summed E-state index contributed by atoms with van der Waals surface area (Å²) in [5, 5.41) is 8.90. The first-order valence-electron chi connectivity index (χ1n) is 4.47. The van der Waals surface area contributed by atoms with Crippen molar-refractivity contribution < 1.29 is 9.90 Å². The standard InChI is InChI=1S/C10H11N3O2/c1-10(11)3-2-8-12-6-7(9(14)15)13(8)5-4-10/h2-6H,11H2,1H3,(H,14,15). The number of carboxylic acid groups (broad SMARTS) is 1. The van der Waals surface area contributed by atoms with Crippen molar-refractivity contribution in [1.29, 1.82) is 0 Å². The fourth-order valence-corrected chi connectivity index (χ4v) is 1.36. The van der Waals surface area contributed by atoms with E-state index in [4.69, 9.17) is 10.8 Å². The Kier molecular flexibility index (Phi) is 1.97. The lowest BCUT2D eigenvalue weighted by atomic mass is 10.0. The van der Waals surface area contributed by atoms with Gasteiger partial charge in [0.05, 0.1) is 11.7 Å². The minimum absolute atomic E-state index is 0.128. The molecule has 1 atom stereocenters. The molecule has 0 saturated carbocycles. The van der Waals surface area contributed by atoms with Crippen LogP contribution in [0.5, 0.6) is 0 Å². The molecule has 78 valence electrons. The molecule has 0 fully saturated rings. The minimum Gasteiger partial charge on any atom is -0.477 e. The summed E-state index contributed by atoms with van der Waals surface area (Å²) in [6.45, 7) is 1.83. The summed E-state index contributed by atoms with van der Waals surface area (Å²) in [6, 6.07) is 0. The number of rotatable bonds is 1. The number of nitrogens with zero attached hydrogens (tertiary/aromatic N) is 2. The minimum atomic E-state index is -1.01. The van der Waals surface area contributed by atoms with Crippen molar-refractivity contribution in [2.45, 2.75) is 12.5 Å². The maximum absolute atomic E-state index is 10.9. The second-order valence-electron chi connectivity index (χ2n) is 3.69. The maximum atomic E-state index is 10.9. The van der Waals surface area contributed by atoms with Crippen molar-refractivity contribution in [2.75, 3.05) is 0 Å². The first-order valence-corrected chi connectivity index (χ1v) is 4.47. The zero-order valence-electron chi connectivity index (χ0n) is 8.21. The number of carboxylic acids is 1. The van der Waals surface area contributed by atoms with Crippen molar-refractivity contribution in [3.05, 3.63) is 29.9 Å². The molecular formula is C10H11N3O2. The largest absolute Gasteiger partial charge is 0.477 e. The Morgan fingerprint density at radius 1 is 1.60 bits per heavy atom. The summed E-state index contributed by atoms with van der Waals surface area (Å²) in [5.74, 6) is -0.440. The second-order valence-corrected chi connectivity index (χ2v) is 3.69. The van der Waals surface area contributed by atoms with E-state index >= 15 is 0 Å². The molecule has 3 N–H and O–H groups in total.